The highest BCUT2D eigenvalue weighted by atomic mass is 16.5. The van der Waals surface area contributed by atoms with Gasteiger partial charge in [0.1, 0.15) is 0 Å². The standard InChI is InChI=1S/C16H21BN2O6/c1-18(8-13(20)19(2)9-17)16(22)14(21)10-6-11(23-3)15(25-5)12(7-10)24-4/h6-7H,8-9H2,1-5H3/i9D. The summed E-state index contributed by atoms with van der Waals surface area (Å²) in [5.74, 6) is -1.59. The number of likely N-dealkylation sites (N-methyl/N-ethyl adjacent to an activating group) is 2. The zero-order valence-corrected chi connectivity index (χ0v) is 14.9. The fraction of sp³-hybridized carbons (Fsp3) is 0.438. The maximum Gasteiger partial charge on any atom is 0.295 e. The van der Waals surface area contributed by atoms with Gasteiger partial charge in [-0.25, -0.2) is 0 Å². The topological polar surface area (TPSA) is 85.4 Å². The molecule has 1 atom stereocenters. The third-order valence-corrected chi connectivity index (χ3v) is 3.46. The van der Waals surface area contributed by atoms with Gasteiger partial charge in [0.05, 0.1) is 35.7 Å². The van der Waals surface area contributed by atoms with Crippen LogP contribution in [0.4, 0.5) is 0 Å². The smallest absolute Gasteiger partial charge is 0.295 e. The second kappa shape index (κ2) is 8.96. The number of ether oxygens (including phenoxy) is 3. The van der Waals surface area contributed by atoms with Crippen molar-refractivity contribution in [3.63, 3.8) is 0 Å². The van der Waals surface area contributed by atoms with E-state index in [0.29, 0.717) is 0 Å². The van der Waals surface area contributed by atoms with Gasteiger partial charge in [-0.2, -0.15) is 0 Å². The molecule has 1 aromatic rings. The molecule has 1 rings (SSSR count). The summed E-state index contributed by atoms with van der Waals surface area (Å²) in [5, 5.41) is 0. The average Bonchev–Trinajstić information content (AvgIpc) is 2.64. The molecular weight excluding hydrogens is 327 g/mol. The minimum atomic E-state index is -1.25. The van der Waals surface area contributed by atoms with Crippen LogP contribution in [-0.4, -0.2) is 83.6 Å². The Bertz CT molecular complexity index is 672. The maximum atomic E-state index is 12.5. The van der Waals surface area contributed by atoms with Gasteiger partial charge < -0.3 is 24.0 Å². The molecule has 0 saturated heterocycles. The van der Waals surface area contributed by atoms with Crippen molar-refractivity contribution in [2.24, 2.45) is 0 Å². The van der Waals surface area contributed by atoms with Gasteiger partial charge in [0.25, 0.3) is 11.7 Å². The van der Waals surface area contributed by atoms with Crippen molar-refractivity contribution in [1.29, 1.82) is 0 Å². The molecule has 0 saturated carbocycles. The van der Waals surface area contributed by atoms with Gasteiger partial charge in [-0.3, -0.25) is 14.4 Å². The van der Waals surface area contributed by atoms with E-state index in [0.717, 1.165) is 9.80 Å². The minimum absolute atomic E-state index is 0.0225. The number of Topliss-reactive ketones (excluding diaryl/α,β-unsaturated/α-hetero) is 1. The lowest BCUT2D eigenvalue weighted by molar-refractivity contribution is -0.135. The van der Waals surface area contributed by atoms with E-state index in [-0.39, 0.29) is 22.8 Å². The van der Waals surface area contributed by atoms with Crippen LogP contribution in [0.15, 0.2) is 12.1 Å². The van der Waals surface area contributed by atoms with Crippen LogP contribution in [0.3, 0.4) is 0 Å². The minimum Gasteiger partial charge on any atom is -0.493 e. The molecule has 2 amide bonds. The molecule has 1 aromatic carbocycles. The number of hydrogen-bond acceptors (Lipinski definition) is 6. The molecule has 9 heteroatoms. The molecule has 1 unspecified atom stereocenters. The van der Waals surface area contributed by atoms with Crippen LogP contribution in [0.2, 0.25) is 0 Å². The number of amides is 2. The SMILES string of the molecule is [2H]C([B])N(C)C(=O)CN(C)C(=O)C(=O)c1cc(OC)c(OC)c(OC)c1. The zero-order valence-electron chi connectivity index (χ0n) is 15.9. The van der Waals surface area contributed by atoms with Crippen molar-refractivity contribution in [2.75, 3.05) is 48.4 Å². The molecule has 0 spiro atoms. The Balaban J connectivity index is 3.04. The molecule has 0 fully saturated rings. The van der Waals surface area contributed by atoms with Crippen molar-refractivity contribution >= 4 is 25.4 Å². The number of rotatable bonds is 8. The first-order chi connectivity index (χ1) is 12.2. The highest BCUT2D eigenvalue weighted by Gasteiger charge is 2.25. The molecule has 0 aliphatic rings. The van der Waals surface area contributed by atoms with E-state index in [4.69, 9.17) is 23.4 Å². The van der Waals surface area contributed by atoms with E-state index in [1.54, 1.807) is 0 Å². The second-order valence-electron chi connectivity index (χ2n) is 5.06. The predicted molar refractivity (Wildman–Crippen MR) is 91.5 cm³/mol. The average molecular weight is 349 g/mol. The first-order valence-corrected chi connectivity index (χ1v) is 7.21. The molecule has 0 bridgehead atoms. The van der Waals surface area contributed by atoms with E-state index < -0.39 is 30.6 Å². The van der Waals surface area contributed by atoms with Crippen molar-refractivity contribution < 1.29 is 30.0 Å². The number of benzene rings is 1. The Labute approximate surface area is 149 Å². The summed E-state index contributed by atoms with van der Waals surface area (Å²) in [4.78, 5) is 38.6. The summed E-state index contributed by atoms with van der Waals surface area (Å²) in [6, 6.07) is 2.70. The summed E-state index contributed by atoms with van der Waals surface area (Å²) < 4.78 is 22.8. The lowest BCUT2D eigenvalue weighted by Crippen LogP contribution is -2.42. The van der Waals surface area contributed by atoms with Crippen molar-refractivity contribution in [1.82, 2.24) is 9.80 Å². The fourth-order valence-electron chi connectivity index (χ4n) is 1.98. The number of methoxy groups -OCH3 is 3. The van der Waals surface area contributed by atoms with E-state index in [1.807, 2.05) is 0 Å². The van der Waals surface area contributed by atoms with Crippen molar-refractivity contribution in [2.45, 2.75) is 0 Å². The molecule has 0 aromatic heterocycles. The van der Waals surface area contributed by atoms with Crippen molar-refractivity contribution in [3.8, 4) is 17.2 Å². The van der Waals surface area contributed by atoms with Crippen LogP contribution in [-0.2, 0) is 9.59 Å². The van der Waals surface area contributed by atoms with Crippen LogP contribution in [0.5, 0.6) is 17.2 Å². The Morgan fingerprint density at radius 3 is 1.96 bits per heavy atom. The second-order valence-corrected chi connectivity index (χ2v) is 5.06. The number of carbonyl (C=O) groups is 3. The summed E-state index contributed by atoms with van der Waals surface area (Å²) in [5.41, 5.74) is 0.0225. The fourth-order valence-corrected chi connectivity index (χ4v) is 1.98. The zero-order chi connectivity index (χ0) is 20.0. The van der Waals surface area contributed by atoms with Gasteiger partial charge in [-0.05, 0) is 18.6 Å². The van der Waals surface area contributed by atoms with Crippen LogP contribution in [0.1, 0.15) is 11.7 Å². The van der Waals surface area contributed by atoms with E-state index >= 15 is 0 Å². The quantitative estimate of drug-likeness (QED) is 0.371. The molecule has 2 radical (unpaired) electrons. The van der Waals surface area contributed by atoms with Gasteiger partial charge in [-0.1, -0.05) is 0 Å². The van der Waals surface area contributed by atoms with Gasteiger partial charge in [0.2, 0.25) is 11.7 Å². The normalized spacial score (nSPS) is 11.8. The maximum absolute atomic E-state index is 12.5. The Morgan fingerprint density at radius 2 is 1.56 bits per heavy atom. The van der Waals surface area contributed by atoms with Gasteiger partial charge >= 0.3 is 0 Å². The lowest BCUT2D eigenvalue weighted by Gasteiger charge is -2.21. The molecule has 0 N–H and O–H groups in total. The molecule has 0 heterocycles. The van der Waals surface area contributed by atoms with Crippen molar-refractivity contribution in [3.05, 3.63) is 17.7 Å². The van der Waals surface area contributed by atoms with Gasteiger partial charge in [-0.15, -0.1) is 0 Å². The van der Waals surface area contributed by atoms with Gasteiger partial charge in [0, 0.05) is 21.0 Å². The lowest BCUT2D eigenvalue weighted by atomic mass is 10.1. The van der Waals surface area contributed by atoms with Crippen LogP contribution >= 0.6 is 0 Å². The van der Waals surface area contributed by atoms with Crippen LogP contribution in [0.25, 0.3) is 0 Å². The predicted octanol–water partition coefficient (Wildman–Crippen LogP) is -0.0621. The number of nitrogens with zero attached hydrogens (tertiary/aromatic N) is 2. The van der Waals surface area contributed by atoms with Crippen LogP contribution < -0.4 is 14.2 Å². The summed E-state index contributed by atoms with van der Waals surface area (Å²) in [6.45, 7) is -0.391. The first kappa shape index (κ1) is 18.6. The highest BCUT2D eigenvalue weighted by molar-refractivity contribution is 6.43. The number of hydrogen-bond donors (Lipinski definition) is 0. The molecule has 25 heavy (non-hydrogen) atoms. The monoisotopic (exact) mass is 349 g/mol. The first-order valence-electron chi connectivity index (χ1n) is 7.78. The third kappa shape index (κ3) is 4.65. The molecular formula is C16H21BN2O6. The van der Waals surface area contributed by atoms with E-state index in [1.165, 1.54) is 47.6 Å². The molecule has 8 nitrogen and oxygen atoms in total. The molecule has 134 valence electrons. The number of ketones is 1. The third-order valence-electron chi connectivity index (χ3n) is 3.46. The van der Waals surface area contributed by atoms with E-state index in [9.17, 15) is 14.4 Å². The number of carbonyl (C=O) groups excluding carboxylic acids is 3. The van der Waals surface area contributed by atoms with Gasteiger partial charge in [0.15, 0.2) is 11.5 Å². The molecule has 0 aliphatic carbocycles. The Hall–Kier alpha value is -2.71. The Kier molecular flexibility index (Phi) is 6.67. The largest absolute Gasteiger partial charge is 0.493 e. The summed E-state index contributed by atoms with van der Waals surface area (Å²) >= 11 is 0. The Morgan fingerprint density at radius 1 is 1.04 bits per heavy atom. The van der Waals surface area contributed by atoms with Crippen LogP contribution in [0, 0.1) is 0 Å². The van der Waals surface area contributed by atoms with E-state index in [2.05, 4.69) is 0 Å². The summed E-state index contributed by atoms with van der Waals surface area (Å²) in [7, 11) is 12.1. The highest BCUT2D eigenvalue weighted by Crippen LogP contribution is 2.38. The molecule has 0 aliphatic heterocycles. The summed E-state index contributed by atoms with van der Waals surface area (Å²) in [6.07, 6.45) is -1.25.